The van der Waals surface area contributed by atoms with Crippen LogP contribution in [-0.4, -0.2) is 30.5 Å². The summed E-state index contributed by atoms with van der Waals surface area (Å²) >= 11 is 0. The first-order valence-electron chi connectivity index (χ1n) is 5.59. The number of benzene rings is 1. The molecule has 1 aliphatic heterocycles. The Balaban J connectivity index is 2.12. The molecule has 4 nitrogen and oxygen atoms in total. The largest absolute Gasteiger partial charge is 0.358 e. The Kier molecular flexibility index (Phi) is 2.27. The maximum Gasteiger partial charge on any atom is 0.211 e. The number of hydrogen-bond donors (Lipinski definition) is 1. The minimum atomic E-state index is -3.10. The topological polar surface area (TPSA) is 53.2 Å². The lowest BCUT2D eigenvalue weighted by atomic mass is 10.1. The molecule has 0 fully saturated rings. The zero-order valence-corrected chi connectivity index (χ0v) is 10.4. The maximum absolute atomic E-state index is 11.6. The van der Waals surface area contributed by atoms with Gasteiger partial charge in [0.1, 0.15) is 0 Å². The summed E-state index contributed by atoms with van der Waals surface area (Å²) in [4.78, 5) is 3.37. The van der Waals surface area contributed by atoms with Crippen molar-refractivity contribution >= 4 is 20.9 Å². The minimum absolute atomic E-state index is 0.484. The number of nitrogens with one attached hydrogen (secondary N) is 1. The summed E-state index contributed by atoms with van der Waals surface area (Å²) < 4.78 is 24.7. The molecule has 0 radical (unpaired) electrons. The van der Waals surface area contributed by atoms with Gasteiger partial charge in [-0.25, -0.2) is 8.42 Å². The van der Waals surface area contributed by atoms with Crippen LogP contribution in [0, 0.1) is 0 Å². The van der Waals surface area contributed by atoms with E-state index in [9.17, 15) is 8.42 Å². The molecule has 0 spiro atoms. The van der Waals surface area contributed by atoms with Crippen molar-refractivity contribution in [3.63, 3.8) is 0 Å². The fourth-order valence-corrected chi connectivity index (χ4v) is 3.21. The van der Waals surface area contributed by atoms with E-state index in [1.807, 2.05) is 24.3 Å². The molecule has 1 aliphatic rings. The number of sulfonamides is 1. The molecule has 90 valence electrons. The van der Waals surface area contributed by atoms with Crippen LogP contribution in [-0.2, 0) is 23.0 Å². The third kappa shape index (κ3) is 1.75. The second kappa shape index (κ2) is 3.58. The number of para-hydroxylation sites is 1. The molecule has 3 rings (SSSR count). The highest BCUT2D eigenvalue weighted by Gasteiger charge is 2.25. The molecule has 0 atom stereocenters. The predicted octanol–water partition coefficient (Wildman–Crippen LogP) is 1.49. The molecule has 2 heterocycles. The standard InChI is InChI=1S/C12H14N2O2S/c1-17(15,16)14-7-6-12-10(8-14)9-4-2-3-5-11(9)13-12/h2-5,13H,6-8H2,1H3. The van der Waals surface area contributed by atoms with Crippen LogP contribution in [0.25, 0.3) is 10.9 Å². The van der Waals surface area contributed by atoms with Gasteiger partial charge < -0.3 is 4.98 Å². The van der Waals surface area contributed by atoms with Gasteiger partial charge in [-0.15, -0.1) is 0 Å². The van der Waals surface area contributed by atoms with Gasteiger partial charge in [0, 0.05) is 36.1 Å². The molecule has 0 amide bonds. The zero-order chi connectivity index (χ0) is 12.0. The number of aromatic amines is 1. The number of H-pyrrole nitrogens is 1. The van der Waals surface area contributed by atoms with Crippen LogP contribution in [0.15, 0.2) is 24.3 Å². The Hall–Kier alpha value is -1.33. The summed E-state index contributed by atoms with van der Waals surface area (Å²) in [6.07, 6.45) is 2.03. The van der Waals surface area contributed by atoms with Crippen LogP contribution in [0.5, 0.6) is 0 Å². The molecular weight excluding hydrogens is 236 g/mol. The summed E-state index contributed by atoms with van der Waals surface area (Å²) in [6, 6.07) is 8.03. The highest BCUT2D eigenvalue weighted by Crippen LogP contribution is 2.28. The third-order valence-corrected chi connectivity index (χ3v) is 4.57. The van der Waals surface area contributed by atoms with E-state index in [-0.39, 0.29) is 0 Å². The molecule has 1 aromatic heterocycles. The van der Waals surface area contributed by atoms with Crippen LogP contribution in [0.2, 0.25) is 0 Å². The zero-order valence-electron chi connectivity index (χ0n) is 9.60. The van der Waals surface area contributed by atoms with Crippen molar-refractivity contribution in [2.45, 2.75) is 13.0 Å². The molecule has 5 heteroatoms. The molecule has 1 aromatic carbocycles. The van der Waals surface area contributed by atoms with Crippen molar-refractivity contribution in [3.8, 4) is 0 Å². The first-order chi connectivity index (χ1) is 8.05. The van der Waals surface area contributed by atoms with E-state index < -0.39 is 10.0 Å². The van der Waals surface area contributed by atoms with Crippen molar-refractivity contribution < 1.29 is 8.42 Å². The van der Waals surface area contributed by atoms with Gasteiger partial charge in [0.25, 0.3) is 0 Å². The van der Waals surface area contributed by atoms with E-state index in [4.69, 9.17) is 0 Å². The Morgan fingerprint density at radius 2 is 2.06 bits per heavy atom. The highest BCUT2D eigenvalue weighted by atomic mass is 32.2. The van der Waals surface area contributed by atoms with Gasteiger partial charge in [0.15, 0.2) is 0 Å². The Morgan fingerprint density at radius 1 is 1.29 bits per heavy atom. The van der Waals surface area contributed by atoms with E-state index in [1.54, 1.807) is 0 Å². The van der Waals surface area contributed by atoms with Gasteiger partial charge in [-0.2, -0.15) is 4.31 Å². The smallest absolute Gasteiger partial charge is 0.211 e. The van der Waals surface area contributed by atoms with E-state index in [0.29, 0.717) is 13.1 Å². The second-order valence-corrected chi connectivity index (χ2v) is 6.46. The summed E-state index contributed by atoms with van der Waals surface area (Å²) in [5, 5.41) is 1.14. The van der Waals surface area contributed by atoms with E-state index >= 15 is 0 Å². The molecule has 1 N–H and O–H groups in total. The van der Waals surface area contributed by atoms with Gasteiger partial charge in [-0.1, -0.05) is 18.2 Å². The van der Waals surface area contributed by atoms with Crippen LogP contribution in [0.3, 0.4) is 0 Å². The summed E-state index contributed by atoms with van der Waals surface area (Å²) in [6.45, 7) is 1.05. The predicted molar refractivity (Wildman–Crippen MR) is 67.3 cm³/mol. The summed E-state index contributed by atoms with van der Waals surface area (Å²) in [7, 11) is -3.10. The quantitative estimate of drug-likeness (QED) is 0.833. The van der Waals surface area contributed by atoms with E-state index in [1.165, 1.54) is 16.3 Å². The molecule has 0 bridgehead atoms. The number of fused-ring (bicyclic) bond motifs is 3. The SMILES string of the molecule is CS(=O)(=O)N1CCc2[nH]c3ccccc3c2C1. The number of nitrogens with zero attached hydrogens (tertiary/aromatic N) is 1. The Morgan fingerprint density at radius 3 is 2.82 bits per heavy atom. The minimum Gasteiger partial charge on any atom is -0.358 e. The second-order valence-electron chi connectivity index (χ2n) is 4.47. The van der Waals surface area contributed by atoms with Crippen molar-refractivity contribution in [2.75, 3.05) is 12.8 Å². The van der Waals surface area contributed by atoms with Gasteiger partial charge in [0.05, 0.1) is 6.26 Å². The monoisotopic (exact) mass is 250 g/mol. The van der Waals surface area contributed by atoms with Gasteiger partial charge in [-0.05, 0) is 11.6 Å². The first-order valence-corrected chi connectivity index (χ1v) is 7.44. The number of rotatable bonds is 1. The van der Waals surface area contributed by atoms with Crippen molar-refractivity contribution in [1.82, 2.24) is 9.29 Å². The van der Waals surface area contributed by atoms with Crippen molar-refractivity contribution in [1.29, 1.82) is 0 Å². The van der Waals surface area contributed by atoms with Crippen LogP contribution in [0.4, 0.5) is 0 Å². The lowest BCUT2D eigenvalue weighted by Gasteiger charge is -2.24. The molecule has 0 saturated heterocycles. The molecule has 0 unspecified atom stereocenters. The molecule has 2 aromatic rings. The lowest BCUT2D eigenvalue weighted by molar-refractivity contribution is 0.395. The molecular formula is C12H14N2O2S. The normalized spacial score (nSPS) is 17.2. The van der Waals surface area contributed by atoms with Gasteiger partial charge in [0.2, 0.25) is 10.0 Å². The van der Waals surface area contributed by atoms with Crippen LogP contribution >= 0.6 is 0 Å². The first kappa shape index (κ1) is 10.8. The maximum atomic E-state index is 11.6. The molecule has 17 heavy (non-hydrogen) atoms. The summed E-state index contributed by atoms with van der Waals surface area (Å²) in [5.41, 5.74) is 3.39. The number of hydrogen-bond acceptors (Lipinski definition) is 2. The number of aromatic nitrogens is 1. The average Bonchev–Trinajstić information content (AvgIpc) is 2.65. The van der Waals surface area contributed by atoms with E-state index in [0.717, 1.165) is 22.9 Å². The van der Waals surface area contributed by atoms with Gasteiger partial charge in [-0.3, -0.25) is 0 Å². The third-order valence-electron chi connectivity index (χ3n) is 3.32. The molecule has 0 aliphatic carbocycles. The fourth-order valence-electron chi connectivity index (χ4n) is 2.42. The Bertz CT molecular complexity index is 673. The van der Waals surface area contributed by atoms with Gasteiger partial charge >= 0.3 is 0 Å². The fraction of sp³-hybridized carbons (Fsp3) is 0.333. The highest BCUT2D eigenvalue weighted by molar-refractivity contribution is 7.88. The van der Waals surface area contributed by atoms with Crippen molar-refractivity contribution in [3.05, 3.63) is 35.5 Å². The Labute approximate surface area is 100 Å². The summed E-state index contributed by atoms with van der Waals surface area (Å²) in [5.74, 6) is 0. The average molecular weight is 250 g/mol. The van der Waals surface area contributed by atoms with Crippen LogP contribution in [0.1, 0.15) is 11.3 Å². The molecule has 0 saturated carbocycles. The van der Waals surface area contributed by atoms with E-state index in [2.05, 4.69) is 4.98 Å². The van der Waals surface area contributed by atoms with Crippen LogP contribution < -0.4 is 0 Å². The van der Waals surface area contributed by atoms with Crippen molar-refractivity contribution in [2.24, 2.45) is 0 Å². The lowest BCUT2D eigenvalue weighted by Crippen LogP contribution is -2.34.